The van der Waals surface area contributed by atoms with E-state index in [0.29, 0.717) is 18.8 Å². The first-order chi connectivity index (χ1) is 9.95. The highest BCUT2D eigenvalue weighted by molar-refractivity contribution is 9.11. The van der Waals surface area contributed by atoms with Gasteiger partial charge in [-0.15, -0.1) is 0 Å². The van der Waals surface area contributed by atoms with Crippen LogP contribution < -0.4 is 5.32 Å². The molecule has 1 aromatic rings. The maximum atomic E-state index is 12.2. The Morgan fingerprint density at radius 2 is 1.95 bits per heavy atom. The molecule has 2 N–H and O–H groups in total. The molecule has 1 aliphatic rings. The minimum Gasteiger partial charge on any atom is -0.481 e. The lowest BCUT2D eigenvalue weighted by atomic mass is 9.94. The highest BCUT2D eigenvalue weighted by atomic mass is 79.9. The highest BCUT2D eigenvalue weighted by Crippen LogP contribution is 2.27. The maximum absolute atomic E-state index is 12.2. The number of piperidine rings is 1. The predicted molar refractivity (Wildman–Crippen MR) is 87.4 cm³/mol. The molecule has 0 spiro atoms. The molecular weight excluding hydrogens is 404 g/mol. The summed E-state index contributed by atoms with van der Waals surface area (Å²) in [5.74, 6) is -0.597. The lowest BCUT2D eigenvalue weighted by molar-refractivity contribution is -0.138. The highest BCUT2D eigenvalue weighted by Gasteiger charge is 2.24. The van der Waals surface area contributed by atoms with Crippen molar-refractivity contribution in [2.75, 3.05) is 18.4 Å². The largest absolute Gasteiger partial charge is 0.481 e. The van der Waals surface area contributed by atoms with Gasteiger partial charge in [0.2, 0.25) is 0 Å². The first kappa shape index (κ1) is 16.3. The number of urea groups is 1. The van der Waals surface area contributed by atoms with Crippen LogP contribution in [-0.4, -0.2) is 35.1 Å². The molecule has 0 aliphatic carbocycles. The Balaban J connectivity index is 1.90. The summed E-state index contributed by atoms with van der Waals surface area (Å²) in [6.45, 7) is 1.19. The Morgan fingerprint density at radius 3 is 2.57 bits per heavy atom. The molecule has 1 aliphatic heterocycles. The summed E-state index contributed by atoms with van der Waals surface area (Å²) in [7, 11) is 0. The number of rotatable bonds is 3. The number of aliphatic carboxylic acids is 1. The average Bonchev–Trinajstić information content (AvgIpc) is 2.43. The minimum atomic E-state index is -0.768. The second-order valence-electron chi connectivity index (χ2n) is 5.08. The Kier molecular flexibility index (Phi) is 5.64. The number of amides is 2. The fourth-order valence-electron chi connectivity index (χ4n) is 2.37. The number of hydrogen-bond acceptors (Lipinski definition) is 2. The molecule has 1 heterocycles. The third kappa shape index (κ3) is 4.71. The van der Waals surface area contributed by atoms with Crippen molar-refractivity contribution in [2.24, 2.45) is 5.92 Å². The normalized spacial score (nSPS) is 15.8. The van der Waals surface area contributed by atoms with Crippen LogP contribution in [0.4, 0.5) is 10.5 Å². The number of nitrogens with zero attached hydrogens (tertiary/aromatic N) is 1. The Bertz CT molecular complexity index is 543. The van der Waals surface area contributed by atoms with Gasteiger partial charge in [-0.1, -0.05) is 15.9 Å². The van der Waals surface area contributed by atoms with E-state index in [-0.39, 0.29) is 18.4 Å². The molecule has 0 bridgehead atoms. The smallest absolute Gasteiger partial charge is 0.321 e. The van der Waals surface area contributed by atoms with Gasteiger partial charge in [0, 0.05) is 28.5 Å². The van der Waals surface area contributed by atoms with Crippen LogP contribution in [0.1, 0.15) is 19.3 Å². The van der Waals surface area contributed by atoms with E-state index in [0.717, 1.165) is 21.8 Å². The van der Waals surface area contributed by atoms with Gasteiger partial charge in [0.05, 0.1) is 5.69 Å². The predicted octanol–water partition coefficient (Wildman–Crippen LogP) is 3.93. The molecule has 7 heteroatoms. The molecule has 1 fully saturated rings. The van der Waals surface area contributed by atoms with Crippen molar-refractivity contribution in [1.82, 2.24) is 4.90 Å². The van der Waals surface area contributed by atoms with E-state index in [9.17, 15) is 9.59 Å². The van der Waals surface area contributed by atoms with Gasteiger partial charge in [-0.05, 0) is 52.9 Å². The molecule has 2 rings (SSSR count). The number of anilines is 1. The number of likely N-dealkylation sites (tertiary alicyclic amines) is 1. The quantitative estimate of drug-likeness (QED) is 0.779. The van der Waals surface area contributed by atoms with Gasteiger partial charge in [0.15, 0.2) is 0 Å². The molecule has 0 saturated carbocycles. The van der Waals surface area contributed by atoms with Gasteiger partial charge in [-0.25, -0.2) is 4.79 Å². The summed E-state index contributed by atoms with van der Waals surface area (Å²) < 4.78 is 1.71. The van der Waals surface area contributed by atoms with Crippen molar-refractivity contribution in [3.63, 3.8) is 0 Å². The SMILES string of the molecule is O=C(O)CC1CCN(C(=O)Nc2cc(Br)ccc2Br)CC1. The van der Waals surface area contributed by atoms with Crippen LogP contribution in [0.25, 0.3) is 0 Å². The molecule has 21 heavy (non-hydrogen) atoms. The Hall–Kier alpha value is -1.08. The molecule has 1 saturated heterocycles. The number of carbonyl (C=O) groups is 2. The minimum absolute atomic E-state index is 0.150. The van der Waals surface area contributed by atoms with E-state index >= 15 is 0 Å². The first-order valence-electron chi connectivity index (χ1n) is 6.68. The number of carbonyl (C=O) groups excluding carboxylic acids is 1. The van der Waals surface area contributed by atoms with Crippen LogP contribution in [0, 0.1) is 5.92 Å². The Labute approximate surface area is 140 Å². The zero-order chi connectivity index (χ0) is 15.4. The van der Waals surface area contributed by atoms with Crippen LogP contribution in [0.15, 0.2) is 27.1 Å². The van der Waals surface area contributed by atoms with E-state index in [1.54, 1.807) is 4.90 Å². The van der Waals surface area contributed by atoms with Gasteiger partial charge < -0.3 is 15.3 Å². The lowest BCUT2D eigenvalue weighted by Gasteiger charge is -2.31. The number of carboxylic acids is 1. The summed E-state index contributed by atoms with van der Waals surface area (Å²) >= 11 is 6.77. The van der Waals surface area contributed by atoms with Crippen molar-refractivity contribution in [2.45, 2.75) is 19.3 Å². The van der Waals surface area contributed by atoms with E-state index in [1.807, 2.05) is 18.2 Å². The second-order valence-corrected chi connectivity index (χ2v) is 6.85. The monoisotopic (exact) mass is 418 g/mol. The molecular formula is C14H16Br2N2O3. The number of hydrogen-bond donors (Lipinski definition) is 2. The summed E-state index contributed by atoms with van der Waals surface area (Å²) in [4.78, 5) is 24.6. The molecule has 114 valence electrons. The van der Waals surface area contributed by atoms with Crippen LogP contribution >= 0.6 is 31.9 Å². The van der Waals surface area contributed by atoms with Gasteiger partial charge in [0.25, 0.3) is 0 Å². The third-order valence-corrected chi connectivity index (χ3v) is 4.72. The first-order valence-corrected chi connectivity index (χ1v) is 8.27. The van der Waals surface area contributed by atoms with Crippen LogP contribution in [0.5, 0.6) is 0 Å². The zero-order valence-electron chi connectivity index (χ0n) is 11.3. The number of nitrogens with one attached hydrogen (secondary N) is 1. The lowest BCUT2D eigenvalue weighted by Crippen LogP contribution is -2.41. The van der Waals surface area contributed by atoms with Gasteiger partial charge in [0.1, 0.15) is 0 Å². The summed E-state index contributed by atoms with van der Waals surface area (Å²) in [5, 5.41) is 11.7. The number of halogens is 2. The second kappa shape index (κ2) is 7.26. The van der Waals surface area contributed by atoms with Crippen molar-refractivity contribution >= 4 is 49.5 Å². The fourth-order valence-corrected chi connectivity index (χ4v) is 3.08. The van der Waals surface area contributed by atoms with Crippen molar-refractivity contribution in [3.05, 3.63) is 27.1 Å². The van der Waals surface area contributed by atoms with Crippen LogP contribution in [0.2, 0.25) is 0 Å². The number of benzene rings is 1. The molecule has 0 radical (unpaired) electrons. The van der Waals surface area contributed by atoms with Gasteiger partial charge in [-0.3, -0.25) is 4.79 Å². The molecule has 1 aromatic carbocycles. The molecule has 2 amide bonds. The van der Waals surface area contributed by atoms with Crippen molar-refractivity contribution in [3.8, 4) is 0 Å². The van der Waals surface area contributed by atoms with Crippen molar-refractivity contribution in [1.29, 1.82) is 0 Å². The molecule has 0 unspecified atom stereocenters. The summed E-state index contributed by atoms with van der Waals surface area (Å²) in [6.07, 6.45) is 1.66. The maximum Gasteiger partial charge on any atom is 0.321 e. The third-order valence-electron chi connectivity index (χ3n) is 3.54. The molecule has 5 nitrogen and oxygen atoms in total. The van der Waals surface area contributed by atoms with E-state index in [4.69, 9.17) is 5.11 Å². The molecule has 0 atom stereocenters. The average molecular weight is 420 g/mol. The van der Waals surface area contributed by atoms with Gasteiger partial charge in [-0.2, -0.15) is 0 Å². The van der Waals surface area contributed by atoms with Gasteiger partial charge >= 0.3 is 12.0 Å². The van der Waals surface area contributed by atoms with E-state index in [1.165, 1.54) is 0 Å². The number of carboxylic acid groups (broad SMARTS) is 1. The van der Waals surface area contributed by atoms with Crippen molar-refractivity contribution < 1.29 is 14.7 Å². The Morgan fingerprint density at radius 1 is 1.29 bits per heavy atom. The van der Waals surface area contributed by atoms with Crippen LogP contribution in [0.3, 0.4) is 0 Å². The fraction of sp³-hybridized carbons (Fsp3) is 0.429. The zero-order valence-corrected chi connectivity index (χ0v) is 14.5. The summed E-state index contributed by atoms with van der Waals surface area (Å²) in [5.41, 5.74) is 0.710. The summed E-state index contributed by atoms with van der Waals surface area (Å²) in [6, 6.07) is 5.43. The molecule has 0 aromatic heterocycles. The van der Waals surface area contributed by atoms with Crippen LogP contribution in [-0.2, 0) is 4.79 Å². The topological polar surface area (TPSA) is 69.6 Å². The van der Waals surface area contributed by atoms with E-state index in [2.05, 4.69) is 37.2 Å². The standard InChI is InChI=1S/C14H16Br2N2O3/c15-10-1-2-11(16)12(8-10)17-14(21)18-5-3-9(4-6-18)7-13(19)20/h1-2,8-9H,3-7H2,(H,17,21)(H,19,20). The van der Waals surface area contributed by atoms with E-state index < -0.39 is 5.97 Å².